The van der Waals surface area contributed by atoms with Crippen molar-refractivity contribution < 1.29 is 9.47 Å². The zero-order chi connectivity index (χ0) is 39.0. The quantitative estimate of drug-likeness (QED) is 0.134. The number of pyridine rings is 1. The Hall–Kier alpha value is -6.69. The molecule has 0 aliphatic rings. The summed E-state index contributed by atoms with van der Waals surface area (Å²) in [5.41, 5.74) is 4.77. The molecule has 0 radical (unpaired) electrons. The van der Waals surface area contributed by atoms with Gasteiger partial charge in [-0.05, 0) is 67.1 Å². The third kappa shape index (κ3) is 6.78. The molecular weight excluding hydrogens is 741 g/mol. The lowest BCUT2D eigenvalue weighted by Gasteiger charge is -2.24. The Morgan fingerprint density at radius 3 is 2.11 bits per heavy atom. The maximum Gasteiger partial charge on any atom is 0.213 e. The minimum absolute atomic E-state index is 0.272. The fourth-order valence-corrected chi connectivity index (χ4v) is 8.17. The molecular formula is C42H36N10O2S2. The van der Waals surface area contributed by atoms with Gasteiger partial charge in [-0.3, -0.25) is 4.90 Å². The lowest BCUT2D eigenvalue weighted by molar-refractivity contribution is 0.416. The second kappa shape index (κ2) is 14.9. The van der Waals surface area contributed by atoms with Crippen LogP contribution in [0.25, 0.3) is 25.6 Å². The molecule has 0 atom stereocenters. The van der Waals surface area contributed by atoms with Crippen molar-refractivity contribution in [2.75, 3.05) is 24.4 Å². The number of nitriles is 1. The average Bonchev–Trinajstić information content (AvgIpc) is 3.93. The van der Waals surface area contributed by atoms with Crippen molar-refractivity contribution >= 4 is 82.8 Å². The maximum absolute atomic E-state index is 10.5. The zero-order valence-corrected chi connectivity index (χ0v) is 33.1. The Bertz CT molecular complexity index is 2740. The van der Waals surface area contributed by atoms with Gasteiger partial charge in [-0.2, -0.15) is 15.0 Å². The number of hydrogen-bond donors (Lipinski definition) is 1. The molecule has 0 fully saturated rings. The Balaban J connectivity index is 1.34. The van der Waals surface area contributed by atoms with Crippen LogP contribution in [-0.4, -0.2) is 39.0 Å². The van der Waals surface area contributed by atoms with E-state index in [-0.39, 0.29) is 5.82 Å². The number of azo groups is 1. The molecule has 0 unspecified atom stereocenters. The molecule has 56 heavy (non-hydrogen) atoms. The zero-order valence-electron chi connectivity index (χ0n) is 31.5. The van der Waals surface area contributed by atoms with Crippen molar-refractivity contribution in [3.63, 3.8) is 0 Å². The van der Waals surface area contributed by atoms with E-state index < -0.39 is 5.41 Å². The Labute approximate surface area is 331 Å². The predicted octanol–water partition coefficient (Wildman–Crippen LogP) is 11.6. The van der Waals surface area contributed by atoms with Gasteiger partial charge in [0.1, 0.15) is 34.6 Å². The summed E-state index contributed by atoms with van der Waals surface area (Å²) in [6.45, 7) is 7.99. The molecule has 12 nitrogen and oxygen atoms in total. The number of fused-ring (bicyclic) bond motifs is 2. The number of para-hydroxylation sites is 6. The van der Waals surface area contributed by atoms with Crippen molar-refractivity contribution in [2.24, 2.45) is 10.2 Å². The molecule has 0 spiro atoms. The predicted molar refractivity (Wildman–Crippen MR) is 224 cm³/mol. The molecule has 278 valence electrons. The number of methoxy groups -OCH3 is 2. The Kier molecular flexibility index (Phi) is 9.63. The topological polar surface area (TPSA) is 139 Å². The van der Waals surface area contributed by atoms with E-state index >= 15 is 0 Å². The largest absolute Gasteiger partial charge is 0.495 e. The van der Waals surface area contributed by atoms with E-state index in [1.807, 2.05) is 136 Å². The van der Waals surface area contributed by atoms with E-state index in [4.69, 9.17) is 39.8 Å². The minimum Gasteiger partial charge on any atom is -0.495 e. The summed E-state index contributed by atoms with van der Waals surface area (Å²) in [7, 11) is 3.26. The number of aromatic nitrogens is 5. The smallest absolute Gasteiger partial charge is 0.213 e. The first-order valence-electron chi connectivity index (χ1n) is 17.7. The highest BCUT2D eigenvalue weighted by Crippen LogP contribution is 2.46. The molecule has 0 saturated carbocycles. The number of rotatable bonds is 10. The molecule has 0 aliphatic carbocycles. The molecule has 4 aromatic heterocycles. The van der Waals surface area contributed by atoms with Gasteiger partial charge in [0.05, 0.1) is 51.7 Å². The van der Waals surface area contributed by atoms with Crippen molar-refractivity contribution in [3.05, 3.63) is 120 Å². The van der Waals surface area contributed by atoms with Gasteiger partial charge in [0, 0.05) is 5.41 Å². The molecule has 4 heterocycles. The fourth-order valence-electron chi connectivity index (χ4n) is 6.26. The molecule has 0 bridgehead atoms. The number of hydrogen-bond acceptors (Lipinski definition) is 13. The van der Waals surface area contributed by atoms with Crippen molar-refractivity contribution in [1.29, 1.82) is 5.26 Å². The molecule has 0 aliphatic heterocycles. The summed E-state index contributed by atoms with van der Waals surface area (Å²) in [5.74, 6) is 2.50. The molecule has 8 aromatic rings. The summed E-state index contributed by atoms with van der Waals surface area (Å²) < 4.78 is 15.2. The number of ether oxygens (including phenoxy) is 2. The van der Waals surface area contributed by atoms with E-state index in [0.717, 1.165) is 31.7 Å². The standard InChI is InChI=1S/C42H36N10O2S2/c1-25-23-35(51(30-18-10-12-20-32(30)54-6)40-45-28-16-8-13-21-33(28)55-40)47-38(44-27-15-7-11-19-31(27)53-5)36(25)48-49-39-26(24-43)37(42(2,3)4)50-52(39)41-46-29-17-9-14-22-34(29)56-41/h7-23H,1-6H3,(H,44,47). The second-order valence-corrected chi connectivity index (χ2v) is 15.8. The van der Waals surface area contributed by atoms with E-state index in [9.17, 15) is 5.26 Å². The van der Waals surface area contributed by atoms with Crippen molar-refractivity contribution in [1.82, 2.24) is 24.7 Å². The molecule has 8 rings (SSSR count). The van der Waals surface area contributed by atoms with Gasteiger partial charge in [0.15, 0.2) is 16.8 Å². The summed E-state index contributed by atoms with van der Waals surface area (Å²) in [5, 5.41) is 29.9. The van der Waals surface area contributed by atoms with Crippen LogP contribution in [0.3, 0.4) is 0 Å². The molecule has 14 heteroatoms. The van der Waals surface area contributed by atoms with Crippen LogP contribution in [0.5, 0.6) is 11.5 Å². The SMILES string of the molecule is COc1ccccc1Nc1nc(N(c2nc3ccccc3s2)c2ccccc2OC)cc(C)c1N=Nc1c(C#N)c(C(C)(C)C)nn1-c1nc2ccccc2s1. The van der Waals surface area contributed by atoms with Crippen LogP contribution in [0.1, 0.15) is 37.6 Å². The van der Waals surface area contributed by atoms with Crippen molar-refractivity contribution in [2.45, 2.75) is 33.1 Å². The summed E-state index contributed by atoms with van der Waals surface area (Å²) in [6, 6.07) is 35.5. The molecule has 4 aromatic carbocycles. The van der Waals surface area contributed by atoms with Gasteiger partial charge in [0.25, 0.3) is 0 Å². The van der Waals surface area contributed by atoms with Gasteiger partial charge >= 0.3 is 0 Å². The summed E-state index contributed by atoms with van der Waals surface area (Å²) in [6.07, 6.45) is 0. The third-order valence-corrected chi connectivity index (χ3v) is 11.0. The van der Waals surface area contributed by atoms with Crippen LogP contribution in [0, 0.1) is 18.3 Å². The van der Waals surface area contributed by atoms with E-state index in [1.165, 1.54) is 11.3 Å². The van der Waals surface area contributed by atoms with E-state index in [2.05, 4.69) is 11.4 Å². The maximum atomic E-state index is 10.5. The monoisotopic (exact) mass is 776 g/mol. The summed E-state index contributed by atoms with van der Waals surface area (Å²) >= 11 is 3.01. The highest BCUT2D eigenvalue weighted by molar-refractivity contribution is 7.22. The number of nitrogens with zero attached hydrogens (tertiary/aromatic N) is 9. The van der Waals surface area contributed by atoms with Gasteiger partial charge in [0.2, 0.25) is 5.13 Å². The van der Waals surface area contributed by atoms with Crippen LogP contribution in [0.4, 0.5) is 39.6 Å². The van der Waals surface area contributed by atoms with Gasteiger partial charge in [-0.25, -0.2) is 15.0 Å². The lowest BCUT2D eigenvalue weighted by Crippen LogP contribution is -2.14. The van der Waals surface area contributed by atoms with E-state index in [0.29, 0.717) is 56.0 Å². The number of aryl methyl sites for hydroxylation is 1. The fraction of sp³-hybridized carbons (Fsp3) is 0.167. The lowest BCUT2D eigenvalue weighted by atomic mass is 9.90. The third-order valence-electron chi connectivity index (χ3n) is 8.95. The Morgan fingerprint density at radius 2 is 1.43 bits per heavy atom. The van der Waals surface area contributed by atoms with Gasteiger partial charge < -0.3 is 14.8 Å². The van der Waals surface area contributed by atoms with Crippen LogP contribution >= 0.6 is 22.7 Å². The number of thiazole rings is 2. The van der Waals surface area contributed by atoms with Crippen molar-refractivity contribution in [3.8, 4) is 22.7 Å². The second-order valence-electron chi connectivity index (χ2n) is 13.8. The van der Waals surface area contributed by atoms with Gasteiger partial charge in [-0.15, -0.1) is 10.2 Å². The summed E-state index contributed by atoms with van der Waals surface area (Å²) in [4.78, 5) is 17.1. The highest BCUT2D eigenvalue weighted by atomic mass is 32.1. The first kappa shape index (κ1) is 36.3. The van der Waals surface area contributed by atoms with Gasteiger partial charge in [-0.1, -0.05) is 92.0 Å². The molecule has 0 saturated heterocycles. The highest BCUT2D eigenvalue weighted by Gasteiger charge is 2.30. The van der Waals surface area contributed by atoms with Crippen LogP contribution < -0.4 is 19.7 Å². The first-order valence-corrected chi connectivity index (χ1v) is 19.3. The average molecular weight is 777 g/mol. The minimum atomic E-state index is -0.463. The van der Waals surface area contributed by atoms with Crippen LogP contribution in [-0.2, 0) is 5.41 Å². The number of nitrogens with one attached hydrogen (secondary N) is 1. The normalized spacial score (nSPS) is 11.7. The number of anilines is 5. The molecule has 1 N–H and O–H groups in total. The first-order chi connectivity index (χ1) is 27.2. The molecule has 0 amide bonds. The number of benzene rings is 4. The Morgan fingerprint density at radius 1 is 0.786 bits per heavy atom. The van der Waals surface area contributed by atoms with E-state index in [1.54, 1.807) is 30.2 Å². The van der Waals surface area contributed by atoms with Crippen LogP contribution in [0.15, 0.2) is 113 Å². The van der Waals surface area contributed by atoms with Crippen LogP contribution in [0.2, 0.25) is 0 Å².